The van der Waals surface area contributed by atoms with Gasteiger partial charge in [-0.1, -0.05) is 24.3 Å². The summed E-state index contributed by atoms with van der Waals surface area (Å²) in [5.74, 6) is 0.608. The Morgan fingerprint density at radius 3 is 2.46 bits per heavy atom. The predicted molar refractivity (Wildman–Crippen MR) is 52.5 cm³/mol. The molecule has 0 aromatic heterocycles. The summed E-state index contributed by atoms with van der Waals surface area (Å²) < 4.78 is 5.04. The van der Waals surface area contributed by atoms with Crippen LogP contribution < -0.4 is 5.73 Å². The van der Waals surface area contributed by atoms with Gasteiger partial charge in [-0.25, -0.2) is 0 Å². The summed E-state index contributed by atoms with van der Waals surface area (Å²) in [7, 11) is 1.71. The maximum atomic E-state index is 5.77. The lowest BCUT2D eigenvalue weighted by molar-refractivity contribution is 0.185. The van der Waals surface area contributed by atoms with Crippen LogP contribution in [-0.4, -0.2) is 13.2 Å². The van der Waals surface area contributed by atoms with Crippen LogP contribution in [0.4, 0.5) is 0 Å². The molecule has 70 valence electrons. The molecule has 0 aliphatic heterocycles. The molecule has 2 unspecified atom stereocenters. The molecule has 0 radical (unpaired) electrons. The summed E-state index contributed by atoms with van der Waals surface area (Å²) in [5.41, 5.74) is 8.36. The molecule has 1 aromatic rings. The highest BCUT2D eigenvalue weighted by molar-refractivity contribution is 5.30. The van der Waals surface area contributed by atoms with E-state index in [1.54, 1.807) is 7.11 Å². The molecule has 2 N–H and O–H groups in total. The molecule has 0 saturated heterocycles. The first-order chi connectivity index (χ1) is 6.31. The van der Waals surface area contributed by atoms with Crippen LogP contribution >= 0.6 is 0 Å². The summed E-state index contributed by atoms with van der Waals surface area (Å²) in [5, 5.41) is 0. The van der Waals surface area contributed by atoms with Crippen molar-refractivity contribution in [3.8, 4) is 0 Å². The van der Waals surface area contributed by atoms with Gasteiger partial charge in [-0.3, -0.25) is 0 Å². The van der Waals surface area contributed by atoms with E-state index in [1.165, 1.54) is 11.1 Å². The minimum absolute atomic E-state index is 0.397. The molecule has 2 rings (SSSR count). The smallest absolute Gasteiger partial charge is 0.0713 e. The van der Waals surface area contributed by atoms with Crippen LogP contribution in [0, 0.1) is 0 Å². The molecule has 1 aliphatic carbocycles. The van der Waals surface area contributed by atoms with Crippen molar-refractivity contribution in [2.45, 2.75) is 25.0 Å². The fourth-order valence-corrected chi connectivity index (χ4v) is 1.63. The lowest BCUT2D eigenvalue weighted by Crippen LogP contribution is -2.00. The van der Waals surface area contributed by atoms with E-state index in [2.05, 4.69) is 24.3 Å². The summed E-state index contributed by atoms with van der Waals surface area (Å²) in [6.07, 6.45) is 1.14. The molecule has 0 spiro atoms. The first-order valence-corrected chi connectivity index (χ1v) is 4.64. The summed E-state index contributed by atoms with van der Waals surface area (Å²) in [6, 6.07) is 8.94. The number of hydrogen-bond donors (Lipinski definition) is 1. The van der Waals surface area contributed by atoms with Crippen molar-refractivity contribution >= 4 is 0 Å². The molecule has 0 bridgehead atoms. The predicted octanol–water partition coefficient (Wildman–Crippen LogP) is 1.65. The molecular formula is C11H15NO. The molecule has 2 heteroatoms. The monoisotopic (exact) mass is 177 g/mol. The van der Waals surface area contributed by atoms with Crippen molar-refractivity contribution in [1.29, 1.82) is 0 Å². The first-order valence-electron chi connectivity index (χ1n) is 4.64. The molecule has 2 nitrogen and oxygen atoms in total. The number of hydrogen-bond acceptors (Lipinski definition) is 2. The van der Waals surface area contributed by atoms with Gasteiger partial charge >= 0.3 is 0 Å². The van der Waals surface area contributed by atoms with Crippen molar-refractivity contribution in [3.63, 3.8) is 0 Å². The normalized spacial score (nSPS) is 26.0. The van der Waals surface area contributed by atoms with Gasteiger partial charge in [0, 0.05) is 19.1 Å². The molecule has 0 heterocycles. The van der Waals surface area contributed by atoms with Crippen LogP contribution in [-0.2, 0) is 11.3 Å². The number of rotatable bonds is 3. The van der Waals surface area contributed by atoms with Crippen LogP contribution in [0.15, 0.2) is 24.3 Å². The Labute approximate surface area is 78.7 Å². The van der Waals surface area contributed by atoms with E-state index in [9.17, 15) is 0 Å². The minimum Gasteiger partial charge on any atom is -0.380 e. The van der Waals surface area contributed by atoms with Crippen LogP contribution in [0.5, 0.6) is 0 Å². The second-order valence-electron chi connectivity index (χ2n) is 3.68. The van der Waals surface area contributed by atoms with E-state index in [0.717, 1.165) is 6.42 Å². The molecule has 2 atom stereocenters. The topological polar surface area (TPSA) is 35.2 Å². The van der Waals surface area contributed by atoms with Crippen molar-refractivity contribution < 1.29 is 4.74 Å². The number of nitrogens with two attached hydrogens (primary N) is 1. The van der Waals surface area contributed by atoms with Gasteiger partial charge in [0.1, 0.15) is 0 Å². The minimum atomic E-state index is 0.397. The fourth-order valence-electron chi connectivity index (χ4n) is 1.63. The van der Waals surface area contributed by atoms with Gasteiger partial charge < -0.3 is 10.5 Å². The highest BCUT2D eigenvalue weighted by atomic mass is 16.5. The third-order valence-electron chi connectivity index (χ3n) is 2.56. The van der Waals surface area contributed by atoms with Crippen molar-refractivity contribution in [2.24, 2.45) is 5.73 Å². The maximum absolute atomic E-state index is 5.77. The lowest BCUT2D eigenvalue weighted by Gasteiger charge is -2.01. The Morgan fingerprint density at radius 2 is 2.00 bits per heavy atom. The number of ether oxygens (including phenoxy) is 1. The average Bonchev–Trinajstić information content (AvgIpc) is 2.85. The Morgan fingerprint density at radius 1 is 1.38 bits per heavy atom. The Hall–Kier alpha value is -0.860. The molecule has 1 aliphatic rings. The van der Waals surface area contributed by atoms with E-state index in [0.29, 0.717) is 18.6 Å². The Bertz CT molecular complexity index is 281. The molecule has 1 saturated carbocycles. The van der Waals surface area contributed by atoms with Gasteiger partial charge in [0.05, 0.1) is 6.61 Å². The van der Waals surface area contributed by atoms with Gasteiger partial charge in [0.2, 0.25) is 0 Å². The zero-order valence-electron chi connectivity index (χ0n) is 7.86. The summed E-state index contributed by atoms with van der Waals surface area (Å²) >= 11 is 0. The van der Waals surface area contributed by atoms with Crippen molar-refractivity contribution in [1.82, 2.24) is 0 Å². The summed E-state index contributed by atoms with van der Waals surface area (Å²) in [6.45, 7) is 0.691. The first kappa shape index (κ1) is 8.73. The highest BCUT2D eigenvalue weighted by Gasteiger charge is 2.34. The van der Waals surface area contributed by atoms with Crippen molar-refractivity contribution in [3.05, 3.63) is 35.4 Å². The largest absolute Gasteiger partial charge is 0.380 e. The number of methoxy groups -OCH3 is 1. The van der Waals surface area contributed by atoms with Gasteiger partial charge in [-0.2, -0.15) is 0 Å². The maximum Gasteiger partial charge on any atom is 0.0713 e. The lowest BCUT2D eigenvalue weighted by atomic mass is 10.1. The number of benzene rings is 1. The molecular weight excluding hydrogens is 162 g/mol. The molecule has 1 fully saturated rings. The molecule has 0 amide bonds. The van der Waals surface area contributed by atoms with Crippen molar-refractivity contribution in [2.75, 3.05) is 7.11 Å². The van der Waals surface area contributed by atoms with Crippen LogP contribution in [0.3, 0.4) is 0 Å². The van der Waals surface area contributed by atoms with E-state index < -0.39 is 0 Å². The second-order valence-corrected chi connectivity index (χ2v) is 3.68. The van der Waals surface area contributed by atoms with Gasteiger partial charge in [0.25, 0.3) is 0 Å². The van der Waals surface area contributed by atoms with E-state index in [1.807, 2.05) is 0 Å². The van der Waals surface area contributed by atoms with Crippen LogP contribution in [0.1, 0.15) is 23.5 Å². The third-order valence-corrected chi connectivity index (χ3v) is 2.56. The second kappa shape index (κ2) is 3.48. The van der Waals surface area contributed by atoms with E-state index >= 15 is 0 Å². The van der Waals surface area contributed by atoms with E-state index in [-0.39, 0.29) is 0 Å². The highest BCUT2D eigenvalue weighted by Crippen LogP contribution is 2.38. The van der Waals surface area contributed by atoms with E-state index in [4.69, 9.17) is 10.5 Å². The summed E-state index contributed by atoms with van der Waals surface area (Å²) in [4.78, 5) is 0. The van der Waals surface area contributed by atoms with Gasteiger partial charge in [0.15, 0.2) is 0 Å². The zero-order chi connectivity index (χ0) is 9.26. The van der Waals surface area contributed by atoms with Crippen LogP contribution in [0.2, 0.25) is 0 Å². The Balaban J connectivity index is 2.06. The third kappa shape index (κ3) is 1.90. The van der Waals surface area contributed by atoms with Crippen LogP contribution in [0.25, 0.3) is 0 Å². The molecule has 1 aromatic carbocycles. The fraction of sp³-hybridized carbons (Fsp3) is 0.455. The van der Waals surface area contributed by atoms with Gasteiger partial charge in [-0.15, -0.1) is 0 Å². The molecule has 13 heavy (non-hydrogen) atoms. The van der Waals surface area contributed by atoms with Gasteiger partial charge in [-0.05, 0) is 17.5 Å². The Kier molecular flexibility index (Phi) is 2.34. The average molecular weight is 177 g/mol. The SMILES string of the molecule is COCc1ccc(C2CC2N)cc1. The standard InChI is InChI=1S/C11H15NO/c1-13-7-8-2-4-9(5-3-8)10-6-11(10)12/h2-5,10-11H,6-7,12H2,1H3. The zero-order valence-corrected chi connectivity index (χ0v) is 7.86. The quantitative estimate of drug-likeness (QED) is 0.762.